The van der Waals surface area contributed by atoms with E-state index in [0.29, 0.717) is 22.3 Å². The standard InChI is InChI=1S/C19H20Cl2N2O2/c20-15-5-8-18(17(21)11-15)25-13-19(24)22-12-14-3-6-16(7-4-14)23-9-1-2-10-23/h3-8,11H,1-2,9-10,12-13H2,(H,22,24). The van der Waals surface area contributed by atoms with E-state index in [-0.39, 0.29) is 12.5 Å². The second kappa shape index (κ2) is 8.45. The van der Waals surface area contributed by atoms with Gasteiger partial charge in [0, 0.05) is 30.3 Å². The smallest absolute Gasteiger partial charge is 0.258 e. The molecule has 2 aromatic carbocycles. The molecule has 3 rings (SSSR count). The van der Waals surface area contributed by atoms with Crippen LogP contribution in [0.3, 0.4) is 0 Å². The molecule has 0 aromatic heterocycles. The average molecular weight is 379 g/mol. The summed E-state index contributed by atoms with van der Waals surface area (Å²) in [5.41, 5.74) is 2.30. The first-order valence-corrected chi connectivity index (χ1v) is 9.06. The van der Waals surface area contributed by atoms with Crippen LogP contribution < -0.4 is 15.0 Å². The van der Waals surface area contributed by atoms with Gasteiger partial charge in [0.15, 0.2) is 6.61 Å². The molecule has 1 aliphatic heterocycles. The van der Waals surface area contributed by atoms with E-state index < -0.39 is 0 Å². The number of carbonyl (C=O) groups is 1. The summed E-state index contributed by atoms with van der Waals surface area (Å²) in [5, 5.41) is 3.76. The van der Waals surface area contributed by atoms with Crippen LogP contribution in [0.2, 0.25) is 10.0 Å². The van der Waals surface area contributed by atoms with Crippen molar-refractivity contribution >= 4 is 34.8 Å². The first-order chi connectivity index (χ1) is 12.1. The fraction of sp³-hybridized carbons (Fsp3) is 0.316. The average Bonchev–Trinajstić information content (AvgIpc) is 3.14. The molecule has 0 spiro atoms. The van der Waals surface area contributed by atoms with E-state index in [0.717, 1.165) is 18.7 Å². The van der Waals surface area contributed by atoms with Crippen molar-refractivity contribution in [2.45, 2.75) is 19.4 Å². The van der Waals surface area contributed by atoms with Crippen LogP contribution in [-0.4, -0.2) is 25.6 Å². The van der Waals surface area contributed by atoms with Crippen molar-refractivity contribution in [2.75, 3.05) is 24.6 Å². The van der Waals surface area contributed by atoms with E-state index >= 15 is 0 Å². The van der Waals surface area contributed by atoms with Crippen LogP contribution in [0.15, 0.2) is 42.5 Å². The Balaban J connectivity index is 1.45. The molecule has 0 atom stereocenters. The molecule has 1 aliphatic rings. The minimum Gasteiger partial charge on any atom is -0.482 e. The molecule has 1 saturated heterocycles. The molecular weight excluding hydrogens is 359 g/mol. The molecule has 132 valence electrons. The van der Waals surface area contributed by atoms with Gasteiger partial charge < -0.3 is 15.0 Å². The molecule has 1 N–H and O–H groups in total. The summed E-state index contributed by atoms with van der Waals surface area (Å²) >= 11 is 11.8. The molecule has 4 nitrogen and oxygen atoms in total. The maximum atomic E-state index is 11.9. The molecule has 1 fully saturated rings. The summed E-state index contributed by atoms with van der Waals surface area (Å²) < 4.78 is 5.42. The first-order valence-electron chi connectivity index (χ1n) is 8.30. The van der Waals surface area contributed by atoms with Crippen molar-refractivity contribution in [1.82, 2.24) is 5.32 Å². The first kappa shape index (κ1) is 17.9. The normalized spacial score (nSPS) is 13.8. The number of amides is 1. The van der Waals surface area contributed by atoms with Gasteiger partial charge in [-0.05, 0) is 48.7 Å². The highest BCUT2D eigenvalue weighted by Gasteiger charge is 2.12. The van der Waals surface area contributed by atoms with Gasteiger partial charge in [-0.15, -0.1) is 0 Å². The number of anilines is 1. The Kier molecular flexibility index (Phi) is 6.05. The summed E-state index contributed by atoms with van der Waals surface area (Å²) in [7, 11) is 0. The molecule has 25 heavy (non-hydrogen) atoms. The van der Waals surface area contributed by atoms with Gasteiger partial charge in [0.05, 0.1) is 5.02 Å². The Hall–Kier alpha value is -1.91. The number of nitrogens with one attached hydrogen (secondary N) is 1. The SMILES string of the molecule is O=C(COc1ccc(Cl)cc1Cl)NCc1ccc(N2CCCC2)cc1. The van der Waals surface area contributed by atoms with E-state index in [1.165, 1.54) is 18.5 Å². The fourth-order valence-electron chi connectivity index (χ4n) is 2.79. The summed E-state index contributed by atoms with van der Waals surface area (Å²) in [6.45, 7) is 2.63. The van der Waals surface area contributed by atoms with Gasteiger partial charge >= 0.3 is 0 Å². The van der Waals surface area contributed by atoms with E-state index in [9.17, 15) is 4.79 Å². The van der Waals surface area contributed by atoms with Crippen molar-refractivity contribution < 1.29 is 9.53 Å². The molecule has 1 amide bonds. The molecule has 0 radical (unpaired) electrons. The highest BCUT2D eigenvalue weighted by Crippen LogP contribution is 2.27. The highest BCUT2D eigenvalue weighted by atomic mass is 35.5. The topological polar surface area (TPSA) is 41.6 Å². The maximum absolute atomic E-state index is 11.9. The highest BCUT2D eigenvalue weighted by molar-refractivity contribution is 6.35. The molecule has 6 heteroatoms. The molecule has 2 aromatic rings. The molecule has 0 bridgehead atoms. The lowest BCUT2D eigenvalue weighted by atomic mass is 10.2. The third-order valence-corrected chi connectivity index (χ3v) is 4.68. The largest absolute Gasteiger partial charge is 0.482 e. The fourth-order valence-corrected chi connectivity index (χ4v) is 3.25. The quantitative estimate of drug-likeness (QED) is 0.814. The van der Waals surface area contributed by atoms with Gasteiger partial charge in [0.1, 0.15) is 5.75 Å². The summed E-state index contributed by atoms with van der Waals surface area (Å²) in [5.74, 6) is 0.241. The third kappa shape index (κ3) is 5.03. The van der Waals surface area contributed by atoms with E-state index in [1.54, 1.807) is 18.2 Å². The van der Waals surface area contributed by atoms with Crippen molar-refractivity contribution in [3.63, 3.8) is 0 Å². The van der Waals surface area contributed by atoms with Gasteiger partial charge in [-0.25, -0.2) is 0 Å². The molecule has 0 aliphatic carbocycles. The third-order valence-electron chi connectivity index (χ3n) is 4.15. The second-order valence-corrected chi connectivity index (χ2v) is 6.84. The second-order valence-electron chi connectivity index (χ2n) is 6.00. The van der Waals surface area contributed by atoms with Gasteiger partial charge in [0.25, 0.3) is 5.91 Å². The Morgan fingerprint density at radius 2 is 1.80 bits per heavy atom. The van der Waals surface area contributed by atoms with Crippen molar-refractivity contribution in [3.05, 3.63) is 58.1 Å². The van der Waals surface area contributed by atoms with Gasteiger partial charge in [-0.1, -0.05) is 35.3 Å². The Bertz CT molecular complexity index is 729. The predicted octanol–water partition coefficient (Wildman–Crippen LogP) is 4.29. The minimum atomic E-state index is -0.199. The van der Waals surface area contributed by atoms with E-state index in [2.05, 4.69) is 22.3 Å². The van der Waals surface area contributed by atoms with Crippen LogP contribution in [0.25, 0.3) is 0 Å². The molecule has 1 heterocycles. The number of hydrogen-bond acceptors (Lipinski definition) is 3. The lowest BCUT2D eigenvalue weighted by Gasteiger charge is -2.17. The Labute approximate surface area is 157 Å². The van der Waals surface area contributed by atoms with Crippen LogP contribution in [0, 0.1) is 0 Å². The van der Waals surface area contributed by atoms with Gasteiger partial charge in [-0.2, -0.15) is 0 Å². The van der Waals surface area contributed by atoms with Gasteiger partial charge in [0.2, 0.25) is 0 Å². The zero-order valence-electron chi connectivity index (χ0n) is 13.8. The summed E-state index contributed by atoms with van der Waals surface area (Å²) in [6.07, 6.45) is 2.52. The number of benzene rings is 2. The lowest BCUT2D eigenvalue weighted by molar-refractivity contribution is -0.123. The van der Waals surface area contributed by atoms with Crippen molar-refractivity contribution in [3.8, 4) is 5.75 Å². The lowest BCUT2D eigenvalue weighted by Crippen LogP contribution is -2.28. The van der Waals surface area contributed by atoms with Crippen molar-refractivity contribution in [2.24, 2.45) is 0 Å². The number of carbonyl (C=O) groups excluding carboxylic acids is 1. The van der Waals surface area contributed by atoms with Crippen LogP contribution in [0.5, 0.6) is 5.75 Å². The predicted molar refractivity (Wildman–Crippen MR) is 102 cm³/mol. The van der Waals surface area contributed by atoms with Crippen LogP contribution >= 0.6 is 23.2 Å². The zero-order chi connectivity index (χ0) is 17.6. The van der Waals surface area contributed by atoms with E-state index in [1.807, 2.05) is 12.1 Å². The number of nitrogens with zero attached hydrogens (tertiary/aromatic N) is 1. The number of rotatable bonds is 6. The van der Waals surface area contributed by atoms with Crippen molar-refractivity contribution in [1.29, 1.82) is 0 Å². The van der Waals surface area contributed by atoms with Gasteiger partial charge in [-0.3, -0.25) is 4.79 Å². The summed E-state index contributed by atoms with van der Waals surface area (Å²) in [4.78, 5) is 14.3. The number of hydrogen-bond donors (Lipinski definition) is 1. The molecule has 0 unspecified atom stereocenters. The monoisotopic (exact) mass is 378 g/mol. The Morgan fingerprint density at radius 1 is 1.08 bits per heavy atom. The molecule has 0 saturated carbocycles. The molecular formula is C19H20Cl2N2O2. The Morgan fingerprint density at radius 3 is 2.48 bits per heavy atom. The summed E-state index contributed by atoms with van der Waals surface area (Å²) in [6, 6.07) is 13.2. The zero-order valence-corrected chi connectivity index (χ0v) is 15.3. The number of halogens is 2. The maximum Gasteiger partial charge on any atom is 0.258 e. The van der Waals surface area contributed by atoms with Crippen LogP contribution in [0.1, 0.15) is 18.4 Å². The van der Waals surface area contributed by atoms with Crippen LogP contribution in [0.4, 0.5) is 5.69 Å². The number of ether oxygens (including phenoxy) is 1. The van der Waals surface area contributed by atoms with Crippen LogP contribution in [-0.2, 0) is 11.3 Å². The minimum absolute atomic E-state index is 0.0901. The van der Waals surface area contributed by atoms with E-state index in [4.69, 9.17) is 27.9 Å².